The van der Waals surface area contributed by atoms with Crippen molar-refractivity contribution in [3.63, 3.8) is 0 Å². The largest absolute Gasteiger partial charge is 0.319 e. The van der Waals surface area contributed by atoms with E-state index < -0.39 is 0 Å². The summed E-state index contributed by atoms with van der Waals surface area (Å²) in [5.74, 6) is -0.379. The number of halogens is 1. The number of hydrogen-bond acceptors (Lipinski definition) is 5. The van der Waals surface area contributed by atoms with Crippen molar-refractivity contribution in [2.45, 2.75) is 12.8 Å². The van der Waals surface area contributed by atoms with Crippen molar-refractivity contribution < 1.29 is 9.18 Å². The Morgan fingerprint density at radius 1 is 1.35 bits per heavy atom. The van der Waals surface area contributed by atoms with Crippen LogP contribution in [0, 0.1) is 5.82 Å². The number of carbonyl (C=O) groups is 1. The average Bonchev–Trinajstić information content (AvgIpc) is 2.86. The molecule has 0 saturated carbocycles. The third-order valence-corrected chi connectivity index (χ3v) is 3.45. The van der Waals surface area contributed by atoms with Gasteiger partial charge in [0.15, 0.2) is 0 Å². The van der Waals surface area contributed by atoms with Gasteiger partial charge < -0.3 is 10.6 Å². The van der Waals surface area contributed by atoms with E-state index in [0.717, 1.165) is 0 Å². The Morgan fingerprint density at radius 2 is 2.15 bits per heavy atom. The minimum atomic E-state index is -0.262. The van der Waals surface area contributed by atoms with Crippen LogP contribution in [0.5, 0.6) is 0 Å². The molecule has 1 aromatic heterocycles. The van der Waals surface area contributed by atoms with Gasteiger partial charge in [0.05, 0.1) is 0 Å². The van der Waals surface area contributed by atoms with Crippen molar-refractivity contribution in [2.75, 3.05) is 18.9 Å². The first kappa shape index (κ1) is 14.5. The summed E-state index contributed by atoms with van der Waals surface area (Å²) in [4.78, 5) is 11.5. The fourth-order valence-electron chi connectivity index (χ4n) is 1.60. The molecule has 0 aliphatic heterocycles. The van der Waals surface area contributed by atoms with Crippen LogP contribution < -0.4 is 10.6 Å². The summed E-state index contributed by atoms with van der Waals surface area (Å²) in [7, 11) is 1.78. The van der Waals surface area contributed by atoms with Gasteiger partial charge >= 0.3 is 0 Å². The molecule has 0 radical (unpaired) electrons. The fourth-order valence-corrected chi connectivity index (χ4v) is 2.38. The molecule has 106 valence electrons. The number of hydrogen-bond donors (Lipinski definition) is 2. The molecule has 0 atom stereocenters. The first-order valence-electron chi connectivity index (χ1n) is 6.19. The molecule has 1 heterocycles. The topological polar surface area (TPSA) is 66.9 Å². The predicted molar refractivity (Wildman–Crippen MR) is 76.3 cm³/mol. The van der Waals surface area contributed by atoms with Gasteiger partial charge in [-0.1, -0.05) is 29.5 Å². The molecule has 5 nitrogen and oxygen atoms in total. The van der Waals surface area contributed by atoms with Crippen LogP contribution in [0.3, 0.4) is 0 Å². The van der Waals surface area contributed by atoms with Crippen LogP contribution in [-0.4, -0.2) is 29.7 Å². The van der Waals surface area contributed by atoms with E-state index >= 15 is 0 Å². The van der Waals surface area contributed by atoms with Crippen LogP contribution in [0.4, 0.5) is 9.52 Å². The highest BCUT2D eigenvalue weighted by Crippen LogP contribution is 2.19. The number of aromatic nitrogens is 2. The SMILES string of the molecule is CNCCC(=O)Nc1nnc(Cc2ccccc2F)s1. The van der Waals surface area contributed by atoms with Gasteiger partial charge in [0.25, 0.3) is 0 Å². The molecule has 0 aliphatic rings. The minimum Gasteiger partial charge on any atom is -0.319 e. The number of rotatable bonds is 6. The van der Waals surface area contributed by atoms with E-state index in [4.69, 9.17) is 0 Å². The Morgan fingerprint density at radius 3 is 2.90 bits per heavy atom. The van der Waals surface area contributed by atoms with Gasteiger partial charge in [-0.3, -0.25) is 4.79 Å². The molecule has 20 heavy (non-hydrogen) atoms. The number of anilines is 1. The van der Waals surface area contributed by atoms with Gasteiger partial charge in [-0.2, -0.15) is 0 Å². The van der Waals surface area contributed by atoms with Crippen molar-refractivity contribution in [3.05, 3.63) is 40.7 Å². The second-order valence-electron chi connectivity index (χ2n) is 4.17. The third-order valence-electron chi connectivity index (χ3n) is 2.61. The van der Waals surface area contributed by atoms with E-state index in [2.05, 4.69) is 20.8 Å². The lowest BCUT2D eigenvalue weighted by molar-refractivity contribution is -0.116. The Bertz CT molecular complexity index is 587. The van der Waals surface area contributed by atoms with E-state index in [1.54, 1.807) is 25.2 Å². The summed E-state index contributed by atoms with van der Waals surface area (Å²) in [6, 6.07) is 6.55. The monoisotopic (exact) mass is 294 g/mol. The van der Waals surface area contributed by atoms with E-state index in [0.29, 0.717) is 35.1 Å². The highest BCUT2D eigenvalue weighted by atomic mass is 32.1. The Labute approximate surface area is 120 Å². The van der Waals surface area contributed by atoms with Crippen molar-refractivity contribution in [1.29, 1.82) is 0 Å². The van der Waals surface area contributed by atoms with E-state index in [-0.39, 0.29) is 11.7 Å². The molecule has 0 fully saturated rings. The predicted octanol–water partition coefficient (Wildman–Crippen LogP) is 1.82. The molecule has 0 aliphatic carbocycles. The smallest absolute Gasteiger partial charge is 0.227 e. The molecule has 0 spiro atoms. The molecule has 2 aromatic rings. The van der Waals surface area contributed by atoms with Gasteiger partial charge in [0, 0.05) is 19.4 Å². The van der Waals surface area contributed by atoms with Crippen LogP contribution in [0.15, 0.2) is 24.3 Å². The second-order valence-corrected chi connectivity index (χ2v) is 5.23. The zero-order chi connectivity index (χ0) is 14.4. The maximum Gasteiger partial charge on any atom is 0.227 e. The van der Waals surface area contributed by atoms with Crippen molar-refractivity contribution in [3.8, 4) is 0 Å². The van der Waals surface area contributed by atoms with Crippen LogP contribution in [0.1, 0.15) is 17.0 Å². The zero-order valence-electron chi connectivity index (χ0n) is 11.0. The van der Waals surface area contributed by atoms with Gasteiger partial charge in [-0.05, 0) is 18.7 Å². The first-order chi connectivity index (χ1) is 9.69. The molecule has 0 unspecified atom stereocenters. The zero-order valence-corrected chi connectivity index (χ0v) is 11.8. The van der Waals surface area contributed by atoms with Gasteiger partial charge in [0.2, 0.25) is 11.0 Å². The van der Waals surface area contributed by atoms with Gasteiger partial charge in [-0.25, -0.2) is 4.39 Å². The van der Waals surface area contributed by atoms with Crippen molar-refractivity contribution in [2.24, 2.45) is 0 Å². The highest BCUT2D eigenvalue weighted by Gasteiger charge is 2.10. The number of nitrogens with zero attached hydrogens (tertiary/aromatic N) is 2. The summed E-state index contributed by atoms with van der Waals surface area (Å²) in [5, 5.41) is 14.5. The molecule has 0 bridgehead atoms. The van der Waals surface area contributed by atoms with Gasteiger partial charge in [-0.15, -0.1) is 10.2 Å². The Balaban J connectivity index is 1.96. The molecule has 7 heteroatoms. The maximum absolute atomic E-state index is 13.5. The standard InChI is InChI=1S/C13H15FN4OS/c1-15-7-6-11(19)16-13-18-17-12(20-13)8-9-4-2-3-5-10(9)14/h2-5,15H,6-8H2,1H3,(H,16,18,19). The molecule has 1 amide bonds. The van der Waals surface area contributed by atoms with Crippen molar-refractivity contribution in [1.82, 2.24) is 15.5 Å². The Hall–Kier alpha value is -1.86. The lowest BCUT2D eigenvalue weighted by Crippen LogP contribution is -2.18. The van der Waals surface area contributed by atoms with E-state index in [9.17, 15) is 9.18 Å². The molecule has 1 aromatic carbocycles. The lowest BCUT2D eigenvalue weighted by Gasteiger charge is -2.00. The first-order valence-corrected chi connectivity index (χ1v) is 7.01. The summed E-state index contributed by atoms with van der Waals surface area (Å²) in [6.45, 7) is 0.604. The number of amides is 1. The minimum absolute atomic E-state index is 0.118. The molecular weight excluding hydrogens is 279 g/mol. The number of carbonyl (C=O) groups excluding carboxylic acids is 1. The van der Waals surface area contributed by atoms with Crippen LogP contribution in [0.2, 0.25) is 0 Å². The summed E-state index contributed by atoms with van der Waals surface area (Å²) < 4.78 is 13.5. The fraction of sp³-hybridized carbons (Fsp3) is 0.308. The van der Waals surface area contributed by atoms with E-state index in [1.165, 1.54) is 17.4 Å². The molecule has 2 N–H and O–H groups in total. The molecule has 0 saturated heterocycles. The number of nitrogens with one attached hydrogen (secondary N) is 2. The third kappa shape index (κ3) is 4.07. The molecule has 2 rings (SSSR count). The normalized spacial score (nSPS) is 10.5. The maximum atomic E-state index is 13.5. The highest BCUT2D eigenvalue weighted by molar-refractivity contribution is 7.15. The summed E-state index contributed by atoms with van der Waals surface area (Å²) in [5.41, 5.74) is 0.566. The quantitative estimate of drug-likeness (QED) is 0.853. The van der Waals surface area contributed by atoms with Crippen LogP contribution >= 0.6 is 11.3 Å². The lowest BCUT2D eigenvalue weighted by atomic mass is 10.1. The van der Waals surface area contributed by atoms with Crippen LogP contribution in [0.25, 0.3) is 0 Å². The van der Waals surface area contributed by atoms with E-state index in [1.807, 2.05) is 0 Å². The van der Waals surface area contributed by atoms with Crippen molar-refractivity contribution >= 4 is 22.4 Å². The van der Waals surface area contributed by atoms with Gasteiger partial charge in [0.1, 0.15) is 10.8 Å². The second kappa shape index (κ2) is 7.06. The van der Waals surface area contributed by atoms with Crippen LogP contribution in [-0.2, 0) is 11.2 Å². The Kier molecular flexibility index (Phi) is 5.14. The summed E-state index contributed by atoms with van der Waals surface area (Å²) in [6.07, 6.45) is 0.745. The molecular formula is C13H15FN4OS. The average molecular weight is 294 g/mol. The summed E-state index contributed by atoms with van der Waals surface area (Å²) >= 11 is 1.26. The number of benzene rings is 1.